The fourth-order valence-electron chi connectivity index (χ4n) is 1.35. The van der Waals surface area contributed by atoms with Crippen LogP contribution in [0.3, 0.4) is 0 Å². The van der Waals surface area contributed by atoms with E-state index in [1.54, 1.807) is 6.20 Å². The predicted octanol–water partition coefficient (Wildman–Crippen LogP) is 0.248. The summed E-state index contributed by atoms with van der Waals surface area (Å²) in [6, 6.07) is 0. The molecule has 15 heavy (non-hydrogen) atoms. The van der Waals surface area contributed by atoms with Crippen molar-refractivity contribution in [2.45, 2.75) is 19.8 Å². The van der Waals surface area contributed by atoms with Gasteiger partial charge in [-0.05, 0) is 6.42 Å². The molecule has 2 aromatic heterocycles. The van der Waals surface area contributed by atoms with Crippen LogP contribution in [-0.4, -0.2) is 19.9 Å². The molecule has 2 heterocycles. The number of hydrogen-bond donors (Lipinski definition) is 2. The summed E-state index contributed by atoms with van der Waals surface area (Å²) in [5, 5.41) is 0. The molecular formula is C9H11N5O. The summed E-state index contributed by atoms with van der Waals surface area (Å²) in [6.45, 7) is 2.04. The number of aromatic amines is 1. The van der Waals surface area contributed by atoms with Crippen LogP contribution in [-0.2, 0) is 6.42 Å². The fourth-order valence-corrected chi connectivity index (χ4v) is 1.35. The van der Waals surface area contributed by atoms with Crippen molar-refractivity contribution in [1.82, 2.24) is 19.9 Å². The highest BCUT2D eigenvalue weighted by molar-refractivity contribution is 5.69. The van der Waals surface area contributed by atoms with Gasteiger partial charge in [-0.25, -0.2) is 9.97 Å². The largest absolute Gasteiger partial charge is 0.369 e. The zero-order valence-electron chi connectivity index (χ0n) is 8.32. The van der Waals surface area contributed by atoms with Gasteiger partial charge in [0.25, 0.3) is 5.56 Å². The van der Waals surface area contributed by atoms with Gasteiger partial charge in [0.15, 0.2) is 11.2 Å². The van der Waals surface area contributed by atoms with Gasteiger partial charge < -0.3 is 5.73 Å². The quantitative estimate of drug-likeness (QED) is 0.732. The summed E-state index contributed by atoms with van der Waals surface area (Å²) in [5.41, 5.74) is 6.37. The molecule has 0 saturated heterocycles. The van der Waals surface area contributed by atoms with Crippen LogP contribution in [0.1, 0.15) is 19.0 Å². The monoisotopic (exact) mass is 205 g/mol. The summed E-state index contributed by atoms with van der Waals surface area (Å²) < 4.78 is 0. The number of H-pyrrole nitrogens is 1. The zero-order valence-corrected chi connectivity index (χ0v) is 8.32. The molecule has 0 atom stereocenters. The number of fused-ring (bicyclic) bond motifs is 1. The first-order chi connectivity index (χ1) is 7.20. The highest BCUT2D eigenvalue weighted by Gasteiger charge is 2.05. The molecule has 0 spiro atoms. The van der Waals surface area contributed by atoms with Crippen LogP contribution in [0.4, 0.5) is 5.95 Å². The van der Waals surface area contributed by atoms with Crippen LogP contribution in [0, 0.1) is 0 Å². The molecule has 0 aliphatic carbocycles. The number of aromatic nitrogens is 4. The normalized spacial score (nSPS) is 10.7. The summed E-state index contributed by atoms with van der Waals surface area (Å²) >= 11 is 0. The Hall–Kier alpha value is -1.98. The maximum Gasteiger partial charge on any atom is 0.280 e. The number of anilines is 1. The minimum absolute atomic E-state index is 0.0602. The molecule has 3 N–H and O–H groups in total. The van der Waals surface area contributed by atoms with Crippen molar-refractivity contribution in [3.8, 4) is 0 Å². The van der Waals surface area contributed by atoms with Gasteiger partial charge in [-0.15, -0.1) is 0 Å². The maximum absolute atomic E-state index is 11.5. The molecule has 78 valence electrons. The Morgan fingerprint density at radius 1 is 1.47 bits per heavy atom. The van der Waals surface area contributed by atoms with Crippen molar-refractivity contribution in [2.75, 3.05) is 5.73 Å². The third-order valence-electron chi connectivity index (χ3n) is 1.99. The van der Waals surface area contributed by atoms with Crippen LogP contribution in [0.5, 0.6) is 0 Å². The molecule has 2 rings (SSSR count). The molecule has 0 unspecified atom stereocenters. The summed E-state index contributed by atoms with van der Waals surface area (Å²) in [6.07, 6.45) is 3.38. The molecule has 0 aliphatic rings. The van der Waals surface area contributed by atoms with Crippen LogP contribution < -0.4 is 11.3 Å². The summed E-state index contributed by atoms with van der Waals surface area (Å²) in [4.78, 5) is 26.0. The van der Waals surface area contributed by atoms with E-state index in [-0.39, 0.29) is 22.7 Å². The van der Waals surface area contributed by atoms with Gasteiger partial charge in [-0.1, -0.05) is 13.3 Å². The van der Waals surface area contributed by atoms with Crippen molar-refractivity contribution < 1.29 is 0 Å². The second-order valence-electron chi connectivity index (χ2n) is 3.23. The number of rotatable bonds is 2. The highest BCUT2D eigenvalue weighted by atomic mass is 16.1. The van der Waals surface area contributed by atoms with E-state index in [1.165, 1.54) is 0 Å². The Bertz CT molecular complexity index is 548. The zero-order chi connectivity index (χ0) is 10.8. The van der Waals surface area contributed by atoms with Gasteiger partial charge in [0.05, 0.1) is 11.9 Å². The molecule has 0 radical (unpaired) electrons. The van der Waals surface area contributed by atoms with Gasteiger partial charge in [-0.2, -0.15) is 4.98 Å². The molecule has 0 saturated carbocycles. The Kier molecular flexibility index (Phi) is 2.32. The molecule has 6 nitrogen and oxygen atoms in total. The number of nitrogens with one attached hydrogen (secondary N) is 1. The van der Waals surface area contributed by atoms with Gasteiger partial charge >= 0.3 is 0 Å². The third kappa shape index (κ3) is 1.78. The molecule has 0 bridgehead atoms. The van der Waals surface area contributed by atoms with E-state index in [0.717, 1.165) is 18.5 Å². The summed E-state index contributed by atoms with van der Waals surface area (Å²) in [5.74, 6) is 0.0602. The van der Waals surface area contributed by atoms with Crippen molar-refractivity contribution in [3.63, 3.8) is 0 Å². The van der Waals surface area contributed by atoms with E-state index in [2.05, 4.69) is 19.9 Å². The smallest absolute Gasteiger partial charge is 0.280 e. The molecule has 0 aliphatic heterocycles. The second-order valence-corrected chi connectivity index (χ2v) is 3.23. The van der Waals surface area contributed by atoms with Crippen molar-refractivity contribution in [1.29, 1.82) is 0 Å². The fraction of sp³-hybridized carbons (Fsp3) is 0.333. The van der Waals surface area contributed by atoms with Crippen LogP contribution in [0.15, 0.2) is 11.0 Å². The average molecular weight is 205 g/mol. The van der Waals surface area contributed by atoms with E-state index < -0.39 is 0 Å². The second kappa shape index (κ2) is 3.64. The lowest BCUT2D eigenvalue weighted by molar-refractivity contribution is 0.877. The van der Waals surface area contributed by atoms with Crippen LogP contribution >= 0.6 is 0 Å². The third-order valence-corrected chi connectivity index (χ3v) is 1.99. The van der Waals surface area contributed by atoms with E-state index in [0.29, 0.717) is 0 Å². The van der Waals surface area contributed by atoms with Crippen LogP contribution in [0.25, 0.3) is 11.2 Å². The van der Waals surface area contributed by atoms with E-state index in [1.807, 2.05) is 6.92 Å². The van der Waals surface area contributed by atoms with Gasteiger partial charge in [0.2, 0.25) is 5.95 Å². The van der Waals surface area contributed by atoms with Crippen molar-refractivity contribution in [3.05, 3.63) is 22.2 Å². The minimum Gasteiger partial charge on any atom is -0.369 e. The Morgan fingerprint density at radius 2 is 2.27 bits per heavy atom. The molecule has 0 aromatic carbocycles. The molecule has 0 amide bonds. The first kappa shape index (κ1) is 9.57. The minimum atomic E-state index is -0.344. The number of hydrogen-bond acceptors (Lipinski definition) is 5. The number of nitrogens with zero attached hydrogens (tertiary/aromatic N) is 3. The van der Waals surface area contributed by atoms with Gasteiger partial charge in [0, 0.05) is 0 Å². The first-order valence-electron chi connectivity index (χ1n) is 4.72. The molecular weight excluding hydrogens is 194 g/mol. The average Bonchev–Trinajstić information content (AvgIpc) is 2.19. The topological polar surface area (TPSA) is 97.5 Å². The Balaban J connectivity index is 2.66. The van der Waals surface area contributed by atoms with Crippen LogP contribution in [0.2, 0.25) is 0 Å². The van der Waals surface area contributed by atoms with E-state index in [4.69, 9.17) is 5.73 Å². The molecule has 2 aromatic rings. The number of nitrogens with two attached hydrogens (primary N) is 1. The van der Waals surface area contributed by atoms with Gasteiger partial charge in [0.1, 0.15) is 0 Å². The Morgan fingerprint density at radius 3 is 3.00 bits per heavy atom. The van der Waals surface area contributed by atoms with Crippen molar-refractivity contribution in [2.24, 2.45) is 0 Å². The van der Waals surface area contributed by atoms with E-state index in [9.17, 15) is 4.79 Å². The molecule has 0 fully saturated rings. The number of nitrogen functional groups attached to an aromatic ring is 1. The standard InChI is InChI=1S/C9H11N5O/c1-2-3-5-4-11-7-6(12-5)8(15)14-9(10)13-7/h4H,2-3H2,1H3,(H3,10,11,13,14,15). The van der Waals surface area contributed by atoms with Gasteiger partial charge in [-0.3, -0.25) is 9.78 Å². The highest BCUT2D eigenvalue weighted by Crippen LogP contribution is 2.04. The lowest BCUT2D eigenvalue weighted by atomic mass is 10.2. The van der Waals surface area contributed by atoms with E-state index >= 15 is 0 Å². The predicted molar refractivity (Wildman–Crippen MR) is 56.4 cm³/mol. The van der Waals surface area contributed by atoms with Crippen molar-refractivity contribution >= 4 is 17.1 Å². The lowest BCUT2D eigenvalue weighted by Crippen LogP contribution is -2.14. The first-order valence-corrected chi connectivity index (χ1v) is 4.72. The SMILES string of the molecule is CCCc1cnc2nc(N)[nH]c(=O)c2n1. The maximum atomic E-state index is 11.5. The summed E-state index contributed by atoms with van der Waals surface area (Å²) in [7, 11) is 0. The Labute approximate surface area is 85.6 Å². The molecule has 6 heteroatoms. The number of aryl methyl sites for hydroxylation is 1. The lowest BCUT2D eigenvalue weighted by Gasteiger charge is -1.99.